The maximum Gasteiger partial charge on any atom is 0.303 e. The second-order valence-corrected chi connectivity index (χ2v) is 6.01. The van der Waals surface area contributed by atoms with Crippen LogP contribution in [0.1, 0.15) is 34.1 Å². The van der Waals surface area contributed by atoms with Crippen LogP contribution in [-0.4, -0.2) is 86.2 Å². The Hall–Kier alpha value is -2.12. The number of hydrogen-bond donors (Lipinski definition) is 5. The monoisotopic (exact) mass is 410 g/mol. The lowest BCUT2D eigenvalue weighted by Crippen LogP contribution is -2.56. The van der Waals surface area contributed by atoms with E-state index in [1.807, 2.05) is 0 Å². The minimum absolute atomic E-state index is 0.333. The van der Waals surface area contributed by atoms with E-state index in [-0.39, 0.29) is 6.42 Å². The van der Waals surface area contributed by atoms with Crippen molar-refractivity contribution in [2.75, 3.05) is 6.61 Å². The van der Waals surface area contributed by atoms with Crippen LogP contribution in [0.25, 0.3) is 0 Å². The van der Waals surface area contributed by atoms with Crippen molar-refractivity contribution in [3.8, 4) is 0 Å². The molecule has 0 aromatic heterocycles. The summed E-state index contributed by atoms with van der Waals surface area (Å²) in [5.74, 6) is -9.58. The van der Waals surface area contributed by atoms with Crippen molar-refractivity contribution in [3.63, 3.8) is 0 Å². The van der Waals surface area contributed by atoms with Crippen molar-refractivity contribution >= 4 is 23.7 Å². The van der Waals surface area contributed by atoms with E-state index >= 15 is 0 Å². The summed E-state index contributed by atoms with van der Waals surface area (Å²) in [6.45, 7) is 3.43. The summed E-state index contributed by atoms with van der Waals surface area (Å²) < 4.78 is 14.2. The number of rotatable bonds is 11. The Morgan fingerprint density at radius 1 is 0.857 bits per heavy atom. The summed E-state index contributed by atoms with van der Waals surface area (Å²) in [5, 5.41) is 48.3. The highest BCUT2D eigenvalue weighted by molar-refractivity contribution is 5.87. The Labute approximate surface area is 160 Å². The number of esters is 3. The minimum atomic E-state index is -3.49. The molecule has 162 valence electrons. The summed E-state index contributed by atoms with van der Waals surface area (Å²) >= 11 is 0. The van der Waals surface area contributed by atoms with Crippen LogP contribution in [0.2, 0.25) is 0 Å². The number of aliphatic hydroxyl groups is 5. The standard InChI is InChI=1S/C16H26O12/c1-5-10(16(23,24)25)12(21)13(22)15(28-9(4)19)14(27-8(3)18)11(20)6-26-7(2)17/h10-11,13-15,20,22-25H,5-6H2,1-4H3/t10?,11-,13-,14-,15-/m1/s1. The van der Waals surface area contributed by atoms with Crippen molar-refractivity contribution in [1.29, 1.82) is 0 Å². The van der Waals surface area contributed by atoms with Crippen molar-refractivity contribution in [1.82, 2.24) is 0 Å². The quantitative estimate of drug-likeness (QED) is 0.135. The third-order valence-electron chi connectivity index (χ3n) is 3.59. The molecule has 0 saturated heterocycles. The Kier molecular flexibility index (Phi) is 10.2. The molecule has 1 unspecified atom stereocenters. The zero-order valence-electron chi connectivity index (χ0n) is 15.9. The third-order valence-corrected chi connectivity index (χ3v) is 3.59. The zero-order chi connectivity index (χ0) is 22.2. The van der Waals surface area contributed by atoms with Gasteiger partial charge < -0.3 is 39.7 Å². The molecule has 0 aromatic carbocycles. The summed E-state index contributed by atoms with van der Waals surface area (Å²) in [4.78, 5) is 46.1. The fourth-order valence-corrected chi connectivity index (χ4v) is 2.39. The first kappa shape index (κ1) is 25.9. The van der Waals surface area contributed by atoms with Gasteiger partial charge in [0.25, 0.3) is 5.97 Å². The summed E-state index contributed by atoms with van der Waals surface area (Å²) in [6.07, 6.45) is -8.35. The lowest BCUT2D eigenvalue weighted by Gasteiger charge is -2.34. The Balaban J connectivity index is 5.87. The zero-order valence-corrected chi connectivity index (χ0v) is 15.9. The van der Waals surface area contributed by atoms with Crippen LogP contribution >= 0.6 is 0 Å². The number of hydrogen-bond acceptors (Lipinski definition) is 12. The predicted octanol–water partition coefficient (Wildman–Crippen LogP) is -2.64. The topological polar surface area (TPSA) is 197 Å². The Morgan fingerprint density at radius 2 is 1.32 bits per heavy atom. The van der Waals surface area contributed by atoms with E-state index in [1.54, 1.807) is 0 Å². The number of Topliss-reactive ketones (excluding diaryl/α,β-unsaturated/α-hetero) is 1. The van der Waals surface area contributed by atoms with E-state index in [0.29, 0.717) is 0 Å². The van der Waals surface area contributed by atoms with Gasteiger partial charge in [0.2, 0.25) is 0 Å². The number of carbonyl (C=O) groups is 4. The average molecular weight is 410 g/mol. The highest BCUT2D eigenvalue weighted by Gasteiger charge is 2.47. The molecule has 0 spiro atoms. The SMILES string of the molecule is CCC(C(=O)[C@@H](O)[C@@H](OC(C)=O)[C@H](OC(C)=O)[C@H](O)COC(C)=O)C(O)(O)O. The molecule has 0 radical (unpaired) electrons. The highest BCUT2D eigenvalue weighted by Crippen LogP contribution is 2.23. The van der Waals surface area contributed by atoms with E-state index in [9.17, 15) is 44.7 Å². The first-order valence-corrected chi connectivity index (χ1v) is 8.27. The lowest BCUT2D eigenvalue weighted by atomic mass is 9.89. The van der Waals surface area contributed by atoms with E-state index in [1.165, 1.54) is 6.92 Å². The summed E-state index contributed by atoms with van der Waals surface area (Å²) in [5.41, 5.74) is 0. The molecule has 0 rings (SSSR count). The molecule has 5 N–H and O–H groups in total. The first-order valence-electron chi connectivity index (χ1n) is 8.27. The van der Waals surface area contributed by atoms with Crippen molar-refractivity contribution in [2.24, 2.45) is 5.92 Å². The maximum atomic E-state index is 12.4. The minimum Gasteiger partial charge on any atom is -0.463 e. The second kappa shape index (κ2) is 11.0. The van der Waals surface area contributed by atoms with Crippen LogP contribution in [0.3, 0.4) is 0 Å². The van der Waals surface area contributed by atoms with E-state index in [4.69, 9.17) is 9.47 Å². The van der Waals surface area contributed by atoms with Gasteiger partial charge in [0.1, 0.15) is 18.6 Å². The van der Waals surface area contributed by atoms with Gasteiger partial charge in [0, 0.05) is 20.8 Å². The third kappa shape index (κ3) is 8.27. The van der Waals surface area contributed by atoms with Crippen molar-refractivity contribution in [2.45, 2.75) is 64.5 Å². The van der Waals surface area contributed by atoms with Gasteiger partial charge in [-0.15, -0.1) is 0 Å². The number of ketones is 1. The first-order chi connectivity index (χ1) is 12.7. The average Bonchev–Trinajstić information content (AvgIpc) is 2.53. The number of ether oxygens (including phenoxy) is 3. The fourth-order valence-electron chi connectivity index (χ4n) is 2.39. The van der Waals surface area contributed by atoms with Gasteiger partial charge in [-0.05, 0) is 6.42 Å². The molecule has 0 saturated carbocycles. The molecule has 5 atom stereocenters. The van der Waals surface area contributed by atoms with Crippen LogP contribution in [-0.2, 0) is 33.4 Å². The van der Waals surface area contributed by atoms with Gasteiger partial charge in [0.05, 0.1) is 0 Å². The molecule has 0 heterocycles. The molecule has 12 heteroatoms. The van der Waals surface area contributed by atoms with E-state index in [0.717, 1.165) is 20.8 Å². The molecule has 0 fully saturated rings. The maximum absolute atomic E-state index is 12.4. The molecule has 0 aromatic rings. The molecule has 0 aliphatic rings. The largest absolute Gasteiger partial charge is 0.463 e. The van der Waals surface area contributed by atoms with Crippen molar-refractivity contribution < 1.29 is 58.9 Å². The smallest absolute Gasteiger partial charge is 0.303 e. The van der Waals surface area contributed by atoms with Crippen LogP contribution in [0.15, 0.2) is 0 Å². The second-order valence-electron chi connectivity index (χ2n) is 6.01. The number of carbonyl (C=O) groups excluding carboxylic acids is 4. The normalized spacial score (nSPS) is 16.9. The Morgan fingerprint density at radius 3 is 1.68 bits per heavy atom. The molecule has 0 aliphatic carbocycles. The molecule has 0 bridgehead atoms. The van der Waals surface area contributed by atoms with Gasteiger partial charge in [-0.2, -0.15) is 0 Å². The van der Waals surface area contributed by atoms with Crippen LogP contribution in [0.4, 0.5) is 0 Å². The van der Waals surface area contributed by atoms with Crippen LogP contribution < -0.4 is 0 Å². The van der Waals surface area contributed by atoms with Crippen LogP contribution in [0.5, 0.6) is 0 Å². The predicted molar refractivity (Wildman–Crippen MR) is 87.9 cm³/mol. The summed E-state index contributed by atoms with van der Waals surface area (Å²) in [6, 6.07) is 0. The van der Waals surface area contributed by atoms with Gasteiger partial charge >= 0.3 is 17.9 Å². The van der Waals surface area contributed by atoms with E-state index in [2.05, 4.69) is 4.74 Å². The van der Waals surface area contributed by atoms with Gasteiger partial charge in [-0.25, -0.2) is 0 Å². The highest BCUT2D eigenvalue weighted by atomic mass is 16.7. The molecular formula is C16H26O12. The van der Waals surface area contributed by atoms with Gasteiger partial charge in [-0.1, -0.05) is 6.92 Å². The molecule has 0 aliphatic heterocycles. The van der Waals surface area contributed by atoms with Gasteiger partial charge in [-0.3, -0.25) is 19.2 Å². The van der Waals surface area contributed by atoms with Gasteiger partial charge in [0.15, 0.2) is 24.1 Å². The molecule has 0 amide bonds. The van der Waals surface area contributed by atoms with E-state index < -0.39 is 66.6 Å². The Bertz CT molecular complexity index is 566. The summed E-state index contributed by atoms with van der Waals surface area (Å²) in [7, 11) is 0. The fraction of sp³-hybridized carbons (Fsp3) is 0.750. The van der Waals surface area contributed by atoms with Crippen LogP contribution in [0, 0.1) is 5.92 Å². The molecular weight excluding hydrogens is 384 g/mol. The molecule has 12 nitrogen and oxygen atoms in total. The number of aliphatic hydroxyl groups excluding tert-OH is 2. The van der Waals surface area contributed by atoms with Crippen molar-refractivity contribution in [3.05, 3.63) is 0 Å². The lowest BCUT2D eigenvalue weighted by molar-refractivity contribution is -0.336. The molecule has 28 heavy (non-hydrogen) atoms.